The number of piperazine rings is 1. The number of carbonyl (C=O) groups excluding carboxylic acids is 1. The molecule has 2 aliphatic rings. The number of hydrogen-bond acceptors (Lipinski definition) is 4. The fraction of sp³-hybridized carbons (Fsp3) is 0.450. The molecule has 1 aromatic carbocycles. The van der Waals surface area contributed by atoms with Crippen LogP contribution in [0.25, 0.3) is 0 Å². The highest BCUT2D eigenvalue weighted by Gasteiger charge is 2.27. The minimum absolute atomic E-state index is 0.132. The molecule has 0 atom stereocenters. The van der Waals surface area contributed by atoms with Crippen LogP contribution in [0.4, 0.5) is 5.82 Å². The first-order valence-corrected chi connectivity index (χ1v) is 9.07. The minimum Gasteiger partial charge on any atom is -0.352 e. The maximum absolute atomic E-state index is 12.8. The third-order valence-corrected chi connectivity index (χ3v) is 5.17. The van der Waals surface area contributed by atoms with Crippen LogP contribution in [0.2, 0.25) is 0 Å². The van der Waals surface area contributed by atoms with Crippen molar-refractivity contribution >= 4 is 11.7 Å². The Morgan fingerprint density at radius 3 is 2.36 bits per heavy atom. The molecule has 0 N–H and O–H groups in total. The first-order chi connectivity index (χ1) is 12.1. The zero-order chi connectivity index (χ0) is 17.4. The standard InChI is InChI=1S/C20H24N4O/c1-14-3-6-17(15(2)13-14)20(25)24-11-9-23(10-12-24)19-8-7-18(21-22-19)16-4-5-16/h3,6-8,13,16H,4-5,9-12H2,1-2H3. The Morgan fingerprint density at radius 2 is 1.76 bits per heavy atom. The Bertz CT molecular complexity index is 775. The molecule has 0 unspecified atom stereocenters. The minimum atomic E-state index is 0.132. The van der Waals surface area contributed by atoms with Gasteiger partial charge in [0.1, 0.15) is 0 Å². The highest BCUT2D eigenvalue weighted by Crippen LogP contribution is 2.38. The van der Waals surface area contributed by atoms with E-state index in [1.165, 1.54) is 18.4 Å². The van der Waals surface area contributed by atoms with Crippen molar-refractivity contribution in [2.24, 2.45) is 0 Å². The van der Waals surface area contributed by atoms with Crippen molar-refractivity contribution in [3.63, 3.8) is 0 Å². The summed E-state index contributed by atoms with van der Waals surface area (Å²) >= 11 is 0. The van der Waals surface area contributed by atoms with Gasteiger partial charge >= 0.3 is 0 Å². The summed E-state index contributed by atoms with van der Waals surface area (Å²) in [6.45, 7) is 7.10. The molecule has 1 aliphatic heterocycles. The summed E-state index contributed by atoms with van der Waals surface area (Å²) in [6.07, 6.45) is 2.49. The average Bonchev–Trinajstić information content (AvgIpc) is 3.47. The molecule has 5 nitrogen and oxygen atoms in total. The van der Waals surface area contributed by atoms with Gasteiger partial charge in [0.05, 0.1) is 5.69 Å². The first kappa shape index (κ1) is 16.1. The van der Waals surface area contributed by atoms with Crippen LogP contribution in [0.1, 0.15) is 45.9 Å². The van der Waals surface area contributed by atoms with Gasteiger partial charge in [-0.3, -0.25) is 4.79 Å². The second-order valence-corrected chi connectivity index (χ2v) is 7.19. The van der Waals surface area contributed by atoms with Crippen molar-refractivity contribution in [1.82, 2.24) is 15.1 Å². The Kier molecular flexibility index (Phi) is 4.15. The van der Waals surface area contributed by atoms with Gasteiger partial charge < -0.3 is 9.80 Å². The second kappa shape index (κ2) is 6.47. The van der Waals surface area contributed by atoms with Crippen molar-refractivity contribution in [2.45, 2.75) is 32.6 Å². The molecule has 0 bridgehead atoms. The smallest absolute Gasteiger partial charge is 0.254 e. The maximum Gasteiger partial charge on any atom is 0.254 e. The Hall–Kier alpha value is -2.43. The summed E-state index contributed by atoms with van der Waals surface area (Å²) in [6, 6.07) is 10.2. The Balaban J connectivity index is 1.39. The van der Waals surface area contributed by atoms with Crippen LogP contribution in [0.15, 0.2) is 30.3 Å². The third-order valence-electron chi connectivity index (χ3n) is 5.17. The van der Waals surface area contributed by atoms with Gasteiger partial charge in [0.2, 0.25) is 0 Å². The molecule has 0 radical (unpaired) electrons. The number of anilines is 1. The van der Waals surface area contributed by atoms with Gasteiger partial charge in [0.25, 0.3) is 5.91 Å². The number of amides is 1. The van der Waals surface area contributed by atoms with E-state index < -0.39 is 0 Å². The molecule has 1 saturated heterocycles. The summed E-state index contributed by atoms with van der Waals surface area (Å²) in [4.78, 5) is 16.9. The van der Waals surface area contributed by atoms with Gasteiger partial charge in [-0.05, 0) is 50.5 Å². The number of benzene rings is 1. The highest BCUT2D eigenvalue weighted by atomic mass is 16.2. The lowest BCUT2D eigenvalue weighted by atomic mass is 10.0. The van der Waals surface area contributed by atoms with E-state index in [1.807, 2.05) is 24.0 Å². The van der Waals surface area contributed by atoms with Crippen molar-refractivity contribution in [1.29, 1.82) is 0 Å². The zero-order valence-corrected chi connectivity index (χ0v) is 14.9. The van der Waals surface area contributed by atoms with E-state index in [2.05, 4.69) is 40.2 Å². The second-order valence-electron chi connectivity index (χ2n) is 7.19. The van der Waals surface area contributed by atoms with Crippen LogP contribution in [0.5, 0.6) is 0 Å². The summed E-state index contributed by atoms with van der Waals surface area (Å²) < 4.78 is 0. The molecule has 4 rings (SSSR count). The quantitative estimate of drug-likeness (QED) is 0.865. The van der Waals surface area contributed by atoms with Crippen LogP contribution in [0.3, 0.4) is 0 Å². The summed E-state index contributed by atoms with van der Waals surface area (Å²) in [5.74, 6) is 1.68. The van der Waals surface area contributed by atoms with Crippen LogP contribution in [-0.4, -0.2) is 47.2 Å². The van der Waals surface area contributed by atoms with Crippen LogP contribution >= 0.6 is 0 Å². The van der Waals surface area contributed by atoms with E-state index in [1.54, 1.807) is 0 Å². The number of aromatic nitrogens is 2. The molecule has 25 heavy (non-hydrogen) atoms. The van der Waals surface area contributed by atoms with E-state index >= 15 is 0 Å². The predicted octanol–water partition coefficient (Wildman–Crippen LogP) is 2.93. The largest absolute Gasteiger partial charge is 0.352 e. The summed E-state index contributed by atoms with van der Waals surface area (Å²) in [7, 11) is 0. The maximum atomic E-state index is 12.8. The Morgan fingerprint density at radius 1 is 1.00 bits per heavy atom. The van der Waals surface area contributed by atoms with Crippen molar-refractivity contribution in [3.8, 4) is 0 Å². The van der Waals surface area contributed by atoms with Gasteiger partial charge in [-0.2, -0.15) is 5.10 Å². The van der Waals surface area contributed by atoms with Crippen molar-refractivity contribution in [3.05, 3.63) is 52.7 Å². The molecular weight excluding hydrogens is 312 g/mol. The molecule has 1 aliphatic carbocycles. The van der Waals surface area contributed by atoms with Crippen LogP contribution in [-0.2, 0) is 0 Å². The average molecular weight is 336 g/mol. The van der Waals surface area contributed by atoms with E-state index in [0.29, 0.717) is 5.92 Å². The number of aryl methyl sites for hydroxylation is 2. The molecule has 1 amide bonds. The lowest BCUT2D eigenvalue weighted by molar-refractivity contribution is 0.0745. The molecule has 0 spiro atoms. The summed E-state index contributed by atoms with van der Waals surface area (Å²) in [5.41, 5.74) is 4.17. The van der Waals surface area contributed by atoms with Crippen molar-refractivity contribution < 1.29 is 4.79 Å². The normalized spacial score (nSPS) is 17.7. The van der Waals surface area contributed by atoms with E-state index in [-0.39, 0.29) is 5.91 Å². The van der Waals surface area contributed by atoms with Gasteiger partial charge in [0, 0.05) is 37.7 Å². The fourth-order valence-corrected chi connectivity index (χ4v) is 3.46. The zero-order valence-electron chi connectivity index (χ0n) is 14.9. The Labute approximate surface area is 148 Å². The molecular formula is C20H24N4O. The van der Waals surface area contributed by atoms with Crippen LogP contribution < -0.4 is 4.90 Å². The predicted molar refractivity (Wildman–Crippen MR) is 98.0 cm³/mol. The first-order valence-electron chi connectivity index (χ1n) is 9.07. The van der Waals surface area contributed by atoms with Crippen molar-refractivity contribution in [2.75, 3.05) is 31.1 Å². The van der Waals surface area contributed by atoms with Crippen LogP contribution in [0, 0.1) is 13.8 Å². The molecule has 1 aromatic heterocycles. The van der Waals surface area contributed by atoms with Gasteiger partial charge in [-0.1, -0.05) is 17.7 Å². The number of hydrogen-bond donors (Lipinski definition) is 0. The number of rotatable bonds is 3. The lowest BCUT2D eigenvalue weighted by Gasteiger charge is -2.35. The monoisotopic (exact) mass is 336 g/mol. The van der Waals surface area contributed by atoms with Gasteiger partial charge in [-0.25, -0.2) is 0 Å². The summed E-state index contributed by atoms with van der Waals surface area (Å²) in [5, 5.41) is 8.75. The topological polar surface area (TPSA) is 49.3 Å². The molecule has 5 heteroatoms. The van der Waals surface area contributed by atoms with E-state index in [0.717, 1.165) is 48.8 Å². The molecule has 130 valence electrons. The van der Waals surface area contributed by atoms with E-state index in [4.69, 9.17) is 0 Å². The van der Waals surface area contributed by atoms with E-state index in [9.17, 15) is 4.79 Å². The SMILES string of the molecule is Cc1ccc(C(=O)N2CCN(c3ccc(C4CC4)nn3)CC2)c(C)c1. The fourth-order valence-electron chi connectivity index (χ4n) is 3.46. The highest BCUT2D eigenvalue weighted by molar-refractivity contribution is 5.95. The number of nitrogens with zero attached hydrogens (tertiary/aromatic N) is 4. The number of carbonyl (C=O) groups is 1. The molecule has 2 heterocycles. The van der Waals surface area contributed by atoms with Gasteiger partial charge in [0.15, 0.2) is 5.82 Å². The third kappa shape index (κ3) is 3.36. The van der Waals surface area contributed by atoms with Gasteiger partial charge in [-0.15, -0.1) is 5.10 Å². The lowest BCUT2D eigenvalue weighted by Crippen LogP contribution is -2.49. The molecule has 2 aromatic rings. The molecule has 1 saturated carbocycles. The molecule has 2 fully saturated rings.